The lowest BCUT2D eigenvalue weighted by Gasteiger charge is -2.36. The molecule has 0 radical (unpaired) electrons. The van der Waals surface area contributed by atoms with Gasteiger partial charge in [0.15, 0.2) is 0 Å². The minimum atomic E-state index is -0.182. The smallest absolute Gasteiger partial charge is 0.322 e. The van der Waals surface area contributed by atoms with Gasteiger partial charge in [0.1, 0.15) is 17.2 Å². The number of nitrogens with one attached hydrogen (secondary N) is 1. The van der Waals surface area contributed by atoms with Gasteiger partial charge in [0, 0.05) is 42.5 Å². The summed E-state index contributed by atoms with van der Waals surface area (Å²) in [5.74, 6) is 0.412. The summed E-state index contributed by atoms with van der Waals surface area (Å²) in [6, 6.07) is 27.4. The molecule has 35 heavy (non-hydrogen) atoms. The summed E-state index contributed by atoms with van der Waals surface area (Å²) in [7, 11) is 0. The van der Waals surface area contributed by atoms with Crippen LogP contribution < -0.4 is 16.0 Å². The van der Waals surface area contributed by atoms with E-state index >= 15 is 0 Å². The topological polar surface area (TPSA) is 79.4 Å². The molecule has 8 heteroatoms. The van der Waals surface area contributed by atoms with Gasteiger partial charge in [-0.05, 0) is 29.8 Å². The molecule has 0 unspecified atom stereocenters. The summed E-state index contributed by atoms with van der Waals surface area (Å²) in [5.41, 5.74) is 10.7. The fraction of sp³-hybridized carbons (Fsp3) is 0.185. The van der Waals surface area contributed by atoms with Crippen LogP contribution in [-0.4, -0.2) is 46.9 Å². The molecule has 0 saturated carbocycles. The molecule has 0 aliphatic carbocycles. The van der Waals surface area contributed by atoms with Crippen LogP contribution in [-0.2, 0) is 6.54 Å². The highest BCUT2D eigenvalue weighted by Gasteiger charge is 2.25. The van der Waals surface area contributed by atoms with Crippen LogP contribution in [0.5, 0.6) is 0 Å². The van der Waals surface area contributed by atoms with E-state index in [0.29, 0.717) is 41.9 Å². The zero-order valence-electron chi connectivity index (χ0n) is 19.3. The van der Waals surface area contributed by atoms with Crippen LogP contribution in [0, 0.1) is 0 Å². The van der Waals surface area contributed by atoms with E-state index in [2.05, 4.69) is 22.3 Å². The van der Waals surface area contributed by atoms with Gasteiger partial charge < -0.3 is 20.9 Å². The number of hydrogen-bond donors (Lipinski definition) is 2. The van der Waals surface area contributed by atoms with E-state index in [9.17, 15) is 4.79 Å². The summed E-state index contributed by atoms with van der Waals surface area (Å²) in [6.07, 6.45) is 0. The minimum Gasteiger partial charge on any atom is -0.382 e. The number of carbonyl (C=O) groups is 1. The van der Waals surface area contributed by atoms with E-state index in [0.717, 1.165) is 24.2 Å². The van der Waals surface area contributed by atoms with Crippen molar-refractivity contribution in [3.05, 3.63) is 95.5 Å². The van der Waals surface area contributed by atoms with E-state index < -0.39 is 0 Å². The summed E-state index contributed by atoms with van der Waals surface area (Å²) in [4.78, 5) is 17.4. The van der Waals surface area contributed by atoms with E-state index in [4.69, 9.17) is 22.4 Å². The molecule has 5 rings (SSSR count). The Morgan fingerprint density at radius 1 is 0.886 bits per heavy atom. The first-order valence-corrected chi connectivity index (χ1v) is 12.0. The molecule has 1 aliphatic heterocycles. The number of nitrogens with two attached hydrogens (primary N) is 1. The molecular formula is C27H27ClN6O. The number of rotatable bonds is 5. The number of hydrogen-bond acceptors (Lipinski definition) is 4. The highest BCUT2D eigenvalue weighted by atomic mass is 35.5. The van der Waals surface area contributed by atoms with Gasteiger partial charge in [-0.2, -0.15) is 5.10 Å². The molecule has 3 N–H and O–H groups in total. The van der Waals surface area contributed by atoms with Gasteiger partial charge in [-0.25, -0.2) is 9.48 Å². The van der Waals surface area contributed by atoms with Crippen LogP contribution >= 0.6 is 11.6 Å². The van der Waals surface area contributed by atoms with Crippen LogP contribution in [0.3, 0.4) is 0 Å². The van der Waals surface area contributed by atoms with Crippen molar-refractivity contribution in [1.82, 2.24) is 14.7 Å². The third-order valence-electron chi connectivity index (χ3n) is 6.20. The molecule has 4 aromatic rings. The largest absolute Gasteiger partial charge is 0.382 e. The zero-order valence-corrected chi connectivity index (χ0v) is 20.0. The second-order valence-corrected chi connectivity index (χ2v) is 8.94. The van der Waals surface area contributed by atoms with Gasteiger partial charge >= 0.3 is 6.03 Å². The second-order valence-electron chi connectivity index (χ2n) is 8.50. The predicted octanol–water partition coefficient (Wildman–Crippen LogP) is 5.19. The number of piperazine rings is 1. The van der Waals surface area contributed by atoms with Gasteiger partial charge in [-0.1, -0.05) is 72.3 Å². The van der Waals surface area contributed by atoms with E-state index in [1.54, 1.807) is 16.8 Å². The van der Waals surface area contributed by atoms with Gasteiger partial charge in [-0.3, -0.25) is 0 Å². The van der Waals surface area contributed by atoms with Crippen LogP contribution in [0.1, 0.15) is 5.56 Å². The maximum atomic E-state index is 13.3. The molecule has 7 nitrogen and oxygen atoms in total. The average molecular weight is 487 g/mol. The highest BCUT2D eigenvalue weighted by molar-refractivity contribution is 6.30. The average Bonchev–Trinajstić information content (AvgIpc) is 3.20. The molecule has 2 heterocycles. The minimum absolute atomic E-state index is 0.182. The molecule has 0 atom stereocenters. The number of amides is 2. The number of halogens is 1. The Kier molecular flexibility index (Phi) is 6.59. The number of anilines is 3. The third-order valence-corrected chi connectivity index (χ3v) is 6.46. The standard InChI is InChI=1S/C27H27ClN6O/c28-22-13-11-21(12-14-22)24-25(26(29)34(31-24)19-20-7-3-1-4-8-20)30-27(35)33-17-15-32(16-18-33)23-9-5-2-6-10-23/h1-14H,15-19,29H2,(H,30,35). The van der Waals surface area contributed by atoms with Crippen molar-refractivity contribution >= 4 is 34.8 Å². The number of nitrogen functional groups attached to an aromatic ring is 1. The van der Waals surface area contributed by atoms with Gasteiger partial charge in [-0.15, -0.1) is 0 Å². The molecule has 1 aromatic heterocycles. The first-order chi connectivity index (χ1) is 17.1. The number of urea groups is 1. The fourth-order valence-corrected chi connectivity index (χ4v) is 4.40. The van der Waals surface area contributed by atoms with Gasteiger partial charge in [0.25, 0.3) is 0 Å². The molecule has 3 aromatic carbocycles. The van der Waals surface area contributed by atoms with E-state index in [1.165, 1.54) is 5.69 Å². The molecule has 0 spiro atoms. The lowest BCUT2D eigenvalue weighted by molar-refractivity contribution is 0.208. The summed E-state index contributed by atoms with van der Waals surface area (Å²) in [5, 5.41) is 8.44. The first kappa shape index (κ1) is 22.8. The summed E-state index contributed by atoms with van der Waals surface area (Å²) >= 11 is 6.09. The van der Waals surface area contributed by atoms with Crippen molar-refractivity contribution < 1.29 is 4.79 Å². The molecule has 2 amide bonds. The third kappa shape index (κ3) is 5.10. The lowest BCUT2D eigenvalue weighted by atomic mass is 10.1. The zero-order chi connectivity index (χ0) is 24.2. The number of carbonyl (C=O) groups excluding carboxylic acids is 1. The maximum Gasteiger partial charge on any atom is 0.322 e. The lowest BCUT2D eigenvalue weighted by Crippen LogP contribution is -2.50. The van der Waals surface area contributed by atoms with Crippen LogP contribution in [0.25, 0.3) is 11.3 Å². The van der Waals surface area contributed by atoms with Crippen molar-refractivity contribution in [3.8, 4) is 11.3 Å². The number of aromatic nitrogens is 2. The van der Waals surface area contributed by atoms with Crippen LogP contribution in [0.4, 0.5) is 22.0 Å². The Labute approximate surface area is 209 Å². The molecule has 0 bridgehead atoms. The Morgan fingerprint density at radius 3 is 2.17 bits per heavy atom. The molecular weight excluding hydrogens is 460 g/mol. The molecule has 1 aliphatic rings. The molecule has 1 fully saturated rings. The Hall–Kier alpha value is -3.97. The fourth-order valence-electron chi connectivity index (χ4n) is 4.28. The quantitative estimate of drug-likeness (QED) is 0.407. The first-order valence-electron chi connectivity index (χ1n) is 11.6. The van der Waals surface area contributed by atoms with Gasteiger partial charge in [0.05, 0.1) is 6.54 Å². The Bertz CT molecular complexity index is 1280. The highest BCUT2D eigenvalue weighted by Crippen LogP contribution is 2.34. The van der Waals surface area contributed by atoms with Crippen LogP contribution in [0.2, 0.25) is 5.02 Å². The normalized spacial score (nSPS) is 13.6. The van der Waals surface area contributed by atoms with Crippen molar-refractivity contribution in [2.24, 2.45) is 0 Å². The van der Waals surface area contributed by atoms with E-state index in [-0.39, 0.29) is 6.03 Å². The summed E-state index contributed by atoms with van der Waals surface area (Å²) in [6.45, 7) is 3.28. The van der Waals surface area contributed by atoms with Crippen molar-refractivity contribution in [2.75, 3.05) is 42.1 Å². The van der Waals surface area contributed by atoms with Crippen molar-refractivity contribution in [2.45, 2.75) is 6.54 Å². The van der Waals surface area contributed by atoms with Gasteiger partial charge in [0.2, 0.25) is 0 Å². The van der Waals surface area contributed by atoms with Crippen molar-refractivity contribution in [3.63, 3.8) is 0 Å². The number of benzene rings is 3. The maximum absolute atomic E-state index is 13.3. The number of nitrogens with zero attached hydrogens (tertiary/aromatic N) is 4. The molecule has 178 valence electrons. The Balaban J connectivity index is 1.37. The SMILES string of the molecule is Nc1c(NC(=O)N2CCN(c3ccccc3)CC2)c(-c2ccc(Cl)cc2)nn1Cc1ccccc1. The van der Waals surface area contributed by atoms with Crippen LogP contribution in [0.15, 0.2) is 84.9 Å². The second kappa shape index (κ2) is 10.1. The molecule has 1 saturated heterocycles. The number of para-hydroxylation sites is 1. The predicted molar refractivity (Wildman–Crippen MR) is 142 cm³/mol. The van der Waals surface area contributed by atoms with E-state index in [1.807, 2.05) is 65.6 Å². The van der Waals surface area contributed by atoms with Crippen molar-refractivity contribution in [1.29, 1.82) is 0 Å². The monoisotopic (exact) mass is 486 g/mol. The Morgan fingerprint density at radius 2 is 1.51 bits per heavy atom. The summed E-state index contributed by atoms with van der Waals surface area (Å²) < 4.78 is 1.72.